The topological polar surface area (TPSA) is 44.4 Å². The van der Waals surface area contributed by atoms with Gasteiger partial charge in [-0.15, -0.1) is 0 Å². The van der Waals surface area contributed by atoms with Crippen LogP contribution in [0.5, 0.6) is 0 Å². The van der Waals surface area contributed by atoms with Crippen molar-refractivity contribution in [3.05, 3.63) is 24.3 Å². The van der Waals surface area contributed by atoms with Crippen molar-refractivity contribution in [3.8, 4) is 0 Å². The molecule has 0 aromatic heterocycles. The average Bonchev–Trinajstić information content (AvgIpc) is 2.92. The summed E-state index contributed by atoms with van der Waals surface area (Å²) in [7, 11) is 0. The van der Waals surface area contributed by atoms with Crippen LogP contribution in [0.25, 0.3) is 0 Å². The Balaban J connectivity index is 1.93. The van der Waals surface area contributed by atoms with Crippen LogP contribution < -0.4 is 15.5 Å². The van der Waals surface area contributed by atoms with Crippen molar-refractivity contribution in [3.63, 3.8) is 0 Å². The summed E-state index contributed by atoms with van der Waals surface area (Å²) in [6.07, 6.45) is 2.98. The van der Waals surface area contributed by atoms with Crippen LogP contribution in [0.15, 0.2) is 24.3 Å². The molecule has 4 nitrogen and oxygen atoms in total. The fourth-order valence-corrected chi connectivity index (χ4v) is 2.50. The first-order chi connectivity index (χ1) is 9.66. The molecule has 0 unspecified atom stereocenters. The lowest BCUT2D eigenvalue weighted by Gasteiger charge is -2.21. The molecule has 1 aliphatic rings. The molecule has 0 radical (unpaired) electrons. The molecule has 2 rings (SSSR count). The molecule has 1 amide bonds. The summed E-state index contributed by atoms with van der Waals surface area (Å²) in [6.45, 7) is 7.06. The normalized spacial score (nSPS) is 14.8. The zero-order chi connectivity index (χ0) is 14.4. The van der Waals surface area contributed by atoms with Crippen molar-refractivity contribution < 1.29 is 4.79 Å². The Hall–Kier alpha value is -1.55. The van der Waals surface area contributed by atoms with E-state index in [0.717, 1.165) is 31.0 Å². The van der Waals surface area contributed by atoms with Crippen LogP contribution in [0, 0.1) is 0 Å². The molecule has 2 N–H and O–H groups in total. The lowest BCUT2D eigenvalue weighted by molar-refractivity contribution is -0.116. The molecular weight excluding hydrogens is 250 g/mol. The highest BCUT2D eigenvalue weighted by Crippen LogP contribution is 2.28. The van der Waals surface area contributed by atoms with E-state index in [1.54, 1.807) is 0 Å². The Morgan fingerprint density at radius 2 is 1.95 bits per heavy atom. The third-order valence-electron chi connectivity index (χ3n) is 3.53. The van der Waals surface area contributed by atoms with Crippen LogP contribution in [-0.4, -0.2) is 31.6 Å². The van der Waals surface area contributed by atoms with Gasteiger partial charge in [0.2, 0.25) is 5.91 Å². The van der Waals surface area contributed by atoms with Crippen LogP contribution in [0.1, 0.15) is 33.1 Å². The summed E-state index contributed by atoms with van der Waals surface area (Å²) in [4.78, 5) is 14.3. The lowest BCUT2D eigenvalue weighted by atomic mass is 10.2. The van der Waals surface area contributed by atoms with E-state index in [2.05, 4.69) is 35.4 Å². The van der Waals surface area contributed by atoms with E-state index in [1.165, 1.54) is 12.8 Å². The molecule has 0 bridgehead atoms. The number of anilines is 2. The van der Waals surface area contributed by atoms with Crippen LogP contribution in [-0.2, 0) is 4.79 Å². The Kier molecular flexibility index (Phi) is 5.41. The number of hydrogen-bond donors (Lipinski definition) is 2. The average molecular weight is 275 g/mol. The molecule has 0 saturated carbocycles. The molecule has 0 atom stereocenters. The van der Waals surface area contributed by atoms with Gasteiger partial charge >= 0.3 is 0 Å². The number of rotatable bonds is 6. The van der Waals surface area contributed by atoms with Gasteiger partial charge in [-0.3, -0.25) is 4.79 Å². The molecule has 0 aliphatic carbocycles. The largest absolute Gasteiger partial charge is 0.370 e. The summed E-state index contributed by atoms with van der Waals surface area (Å²) in [5.41, 5.74) is 2.08. The maximum atomic E-state index is 12.0. The molecule has 0 spiro atoms. The second kappa shape index (κ2) is 7.29. The van der Waals surface area contributed by atoms with Gasteiger partial charge in [-0.05, 0) is 25.0 Å². The van der Waals surface area contributed by atoms with Crippen molar-refractivity contribution in [2.75, 3.05) is 29.9 Å². The van der Waals surface area contributed by atoms with E-state index in [1.807, 2.05) is 18.2 Å². The summed E-state index contributed by atoms with van der Waals surface area (Å²) in [5.74, 6) is 0.0739. The van der Waals surface area contributed by atoms with Crippen molar-refractivity contribution in [1.82, 2.24) is 5.32 Å². The third-order valence-corrected chi connectivity index (χ3v) is 3.53. The quantitative estimate of drug-likeness (QED) is 0.839. The molecule has 1 saturated heterocycles. The SMILES string of the molecule is CC(C)NCCC(=O)Nc1ccccc1N1CCCC1. The molecule has 4 heteroatoms. The molecule has 20 heavy (non-hydrogen) atoms. The minimum Gasteiger partial charge on any atom is -0.370 e. The van der Waals surface area contributed by atoms with Gasteiger partial charge < -0.3 is 15.5 Å². The fraction of sp³-hybridized carbons (Fsp3) is 0.562. The minimum atomic E-state index is 0.0739. The number of carbonyl (C=O) groups is 1. The molecular formula is C16H25N3O. The van der Waals surface area contributed by atoms with Crippen LogP contribution in [0.3, 0.4) is 0 Å². The number of benzene rings is 1. The van der Waals surface area contributed by atoms with E-state index in [9.17, 15) is 4.79 Å². The maximum absolute atomic E-state index is 12.0. The van der Waals surface area contributed by atoms with Gasteiger partial charge in [0.05, 0.1) is 11.4 Å². The highest BCUT2D eigenvalue weighted by Gasteiger charge is 2.16. The van der Waals surface area contributed by atoms with Gasteiger partial charge in [-0.2, -0.15) is 0 Å². The standard InChI is InChI=1S/C16H25N3O/c1-13(2)17-10-9-16(20)18-14-7-3-4-8-15(14)19-11-5-6-12-19/h3-4,7-8,13,17H,5-6,9-12H2,1-2H3,(H,18,20). The van der Waals surface area contributed by atoms with Crippen molar-refractivity contribution in [2.24, 2.45) is 0 Å². The first-order valence-corrected chi connectivity index (χ1v) is 7.54. The van der Waals surface area contributed by atoms with Gasteiger partial charge in [0, 0.05) is 32.1 Å². The number of nitrogens with zero attached hydrogens (tertiary/aromatic N) is 1. The monoisotopic (exact) mass is 275 g/mol. The predicted octanol–water partition coefficient (Wildman–Crippen LogP) is 2.61. The van der Waals surface area contributed by atoms with Crippen LogP contribution in [0.2, 0.25) is 0 Å². The van der Waals surface area contributed by atoms with Crippen LogP contribution >= 0.6 is 0 Å². The van der Waals surface area contributed by atoms with Gasteiger partial charge in [0.1, 0.15) is 0 Å². The van der Waals surface area contributed by atoms with Gasteiger partial charge in [-0.25, -0.2) is 0 Å². The molecule has 1 fully saturated rings. The van der Waals surface area contributed by atoms with Crippen molar-refractivity contribution in [1.29, 1.82) is 0 Å². The highest BCUT2D eigenvalue weighted by molar-refractivity contribution is 5.94. The Morgan fingerprint density at radius 3 is 2.65 bits per heavy atom. The number of hydrogen-bond acceptors (Lipinski definition) is 3. The first-order valence-electron chi connectivity index (χ1n) is 7.54. The Labute approximate surface area is 121 Å². The Bertz CT molecular complexity index is 439. The van der Waals surface area contributed by atoms with E-state index in [-0.39, 0.29) is 5.91 Å². The molecule has 1 aromatic rings. The van der Waals surface area contributed by atoms with E-state index < -0.39 is 0 Å². The van der Waals surface area contributed by atoms with Gasteiger partial charge in [0.15, 0.2) is 0 Å². The first kappa shape index (κ1) is 14.9. The fourth-order valence-electron chi connectivity index (χ4n) is 2.50. The number of nitrogens with one attached hydrogen (secondary N) is 2. The summed E-state index contributed by atoms with van der Waals surface area (Å²) in [6, 6.07) is 8.50. The zero-order valence-corrected chi connectivity index (χ0v) is 12.5. The Morgan fingerprint density at radius 1 is 1.25 bits per heavy atom. The molecule has 1 aromatic carbocycles. The number of para-hydroxylation sites is 2. The van der Waals surface area contributed by atoms with Gasteiger partial charge in [0.25, 0.3) is 0 Å². The maximum Gasteiger partial charge on any atom is 0.225 e. The van der Waals surface area contributed by atoms with E-state index in [0.29, 0.717) is 12.5 Å². The second-order valence-electron chi connectivity index (χ2n) is 5.62. The van der Waals surface area contributed by atoms with E-state index in [4.69, 9.17) is 0 Å². The highest BCUT2D eigenvalue weighted by atomic mass is 16.1. The summed E-state index contributed by atoms with van der Waals surface area (Å²) < 4.78 is 0. The van der Waals surface area contributed by atoms with E-state index >= 15 is 0 Å². The van der Waals surface area contributed by atoms with Crippen LogP contribution in [0.4, 0.5) is 11.4 Å². The van der Waals surface area contributed by atoms with Crippen molar-refractivity contribution in [2.45, 2.75) is 39.2 Å². The zero-order valence-electron chi connectivity index (χ0n) is 12.5. The summed E-state index contributed by atoms with van der Waals surface area (Å²) >= 11 is 0. The predicted molar refractivity (Wildman–Crippen MR) is 84.3 cm³/mol. The molecule has 1 aliphatic heterocycles. The molecule has 1 heterocycles. The number of amides is 1. The van der Waals surface area contributed by atoms with Crippen molar-refractivity contribution >= 4 is 17.3 Å². The minimum absolute atomic E-state index is 0.0739. The third kappa shape index (κ3) is 4.23. The molecule has 110 valence electrons. The van der Waals surface area contributed by atoms with Gasteiger partial charge in [-0.1, -0.05) is 26.0 Å². The number of carbonyl (C=O) groups excluding carboxylic acids is 1. The smallest absolute Gasteiger partial charge is 0.225 e. The summed E-state index contributed by atoms with van der Waals surface area (Å²) in [5, 5.41) is 6.30. The lowest BCUT2D eigenvalue weighted by Crippen LogP contribution is -2.27. The second-order valence-corrected chi connectivity index (χ2v) is 5.62.